The monoisotopic (exact) mass is 561 g/mol. The predicted molar refractivity (Wildman–Crippen MR) is 158 cm³/mol. The Morgan fingerprint density at radius 3 is 1.66 bits per heavy atom. The summed E-state index contributed by atoms with van der Waals surface area (Å²) < 4.78 is 32.2. The van der Waals surface area contributed by atoms with Crippen LogP contribution in [0.5, 0.6) is 0 Å². The van der Waals surface area contributed by atoms with Gasteiger partial charge in [0.1, 0.15) is 6.10 Å². The highest BCUT2D eigenvalue weighted by atomic mass is 32.2. The Kier molecular flexibility index (Phi) is 24.4. The fourth-order valence-corrected chi connectivity index (χ4v) is 5.38. The third-order valence-electron chi connectivity index (χ3n) is 7.08. The van der Waals surface area contributed by atoms with Crippen LogP contribution in [0.1, 0.15) is 149 Å². The Morgan fingerprint density at radius 2 is 1.13 bits per heavy atom. The number of rotatable bonds is 27. The quantitative estimate of drug-likeness (QED) is 0.0493. The molecule has 8 heteroatoms. The van der Waals surface area contributed by atoms with Gasteiger partial charge in [0.25, 0.3) is 10.1 Å². The maximum Gasteiger partial charge on any atom is 0.266 e. The van der Waals surface area contributed by atoms with Gasteiger partial charge in [-0.3, -0.25) is 9.35 Å². The molecule has 3 atom stereocenters. The minimum absolute atomic E-state index is 0.283. The van der Waals surface area contributed by atoms with Crippen LogP contribution in [0.15, 0.2) is 12.2 Å². The number of allylic oxidation sites excluding steroid dienone is 2. The molecule has 0 saturated carbocycles. The van der Waals surface area contributed by atoms with Crippen molar-refractivity contribution >= 4 is 16.0 Å². The Balaban J connectivity index is 4.20. The summed E-state index contributed by atoms with van der Waals surface area (Å²) >= 11 is 0. The molecular weight excluding hydrogens is 502 g/mol. The summed E-state index contributed by atoms with van der Waals surface area (Å²) in [7, 11) is -4.39. The number of carbonyl (C=O) groups excluding carboxylic acids is 1. The lowest BCUT2D eigenvalue weighted by Gasteiger charge is -2.24. The van der Waals surface area contributed by atoms with E-state index in [9.17, 15) is 28.0 Å². The number of hydrogen-bond donors (Lipinski definition) is 4. The van der Waals surface area contributed by atoms with Crippen molar-refractivity contribution in [2.45, 2.75) is 167 Å². The number of unbranched alkanes of at least 4 members (excludes halogenated alkanes) is 16. The number of aliphatic hydroxyl groups is 2. The number of amides is 1. The van der Waals surface area contributed by atoms with Gasteiger partial charge in [-0.2, -0.15) is 8.42 Å². The molecule has 226 valence electrons. The van der Waals surface area contributed by atoms with Gasteiger partial charge in [-0.05, 0) is 32.1 Å². The summed E-state index contributed by atoms with van der Waals surface area (Å²) in [5.74, 6) is -1.47. The van der Waals surface area contributed by atoms with E-state index >= 15 is 0 Å². The molecule has 4 N–H and O–H groups in total. The minimum Gasteiger partial charge on any atom is -0.391 e. The standard InChI is InChI=1S/C30H59NO6S/c1-3-5-7-9-11-13-15-17-18-20-22-24-28(32)27(26-38(35,36)37)31-30(34)29(33)25-23-21-19-16-14-12-10-8-6-4-2/h10,12,27-29,32-33H,3-9,11,13-26H2,1-2H3,(H,31,34)(H,35,36,37)/b12-10-. The molecule has 7 nitrogen and oxygen atoms in total. The lowest BCUT2D eigenvalue weighted by atomic mass is 10.0. The Hall–Kier alpha value is -0.960. The second kappa shape index (κ2) is 25.0. The smallest absolute Gasteiger partial charge is 0.266 e. The van der Waals surface area contributed by atoms with E-state index in [1.165, 1.54) is 57.8 Å². The Morgan fingerprint density at radius 1 is 0.684 bits per heavy atom. The molecule has 0 aromatic heterocycles. The number of nitrogens with one attached hydrogen (secondary N) is 1. The van der Waals surface area contributed by atoms with Crippen molar-refractivity contribution in [3.63, 3.8) is 0 Å². The highest BCUT2D eigenvalue weighted by Crippen LogP contribution is 2.15. The van der Waals surface area contributed by atoms with Gasteiger partial charge in [-0.15, -0.1) is 0 Å². The average molecular weight is 562 g/mol. The van der Waals surface area contributed by atoms with Crippen LogP contribution in [-0.4, -0.2) is 53.1 Å². The molecule has 0 heterocycles. The van der Waals surface area contributed by atoms with E-state index in [4.69, 9.17) is 0 Å². The van der Waals surface area contributed by atoms with E-state index in [0.717, 1.165) is 51.4 Å². The molecule has 0 saturated heterocycles. The van der Waals surface area contributed by atoms with Crippen molar-refractivity contribution < 1.29 is 28.0 Å². The van der Waals surface area contributed by atoms with E-state index < -0.39 is 40.0 Å². The molecule has 0 radical (unpaired) electrons. The molecule has 0 aliphatic rings. The minimum atomic E-state index is -4.39. The van der Waals surface area contributed by atoms with Crippen molar-refractivity contribution in [1.82, 2.24) is 5.32 Å². The third-order valence-corrected chi connectivity index (χ3v) is 7.86. The number of hydrogen-bond acceptors (Lipinski definition) is 5. The first-order chi connectivity index (χ1) is 18.2. The third kappa shape index (κ3) is 24.1. The summed E-state index contributed by atoms with van der Waals surface area (Å²) in [5, 5.41) is 23.2. The Labute approximate surface area is 234 Å². The van der Waals surface area contributed by atoms with Crippen LogP contribution >= 0.6 is 0 Å². The summed E-state index contributed by atoms with van der Waals surface area (Å²) in [6.07, 6.45) is 23.8. The van der Waals surface area contributed by atoms with Crippen molar-refractivity contribution in [3.05, 3.63) is 12.2 Å². The Bertz CT molecular complexity index is 682. The number of carbonyl (C=O) groups is 1. The molecule has 0 spiro atoms. The fraction of sp³-hybridized carbons (Fsp3) is 0.900. The summed E-state index contributed by atoms with van der Waals surface area (Å²) in [6.45, 7) is 4.40. The zero-order chi connectivity index (χ0) is 28.5. The fourth-order valence-electron chi connectivity index (χ4n) is 4.62. The first kappa shape index (κ1) is 37.0. The van der Waals surface area contributed by atoms with Crippen molar-refractivity contribution in [3.8, 4) is 0 Å². The van der Waals surface area contributed by atoms with Gasteiger partial charge in [-0.25, -0.2) is 0 Å². The molecular formula is C30H59NO6S. The van der Waals surface area contributed by atoms with E-state index in [0.29, 0.717) is 19.3 Å². The van der Waals surface area contributed by atoms with Gasteiger partial charge in [0, 0.05) is 0 Å². The van der Waals surface area contributed by atoms with Crippen LogP contribution in [0.25, 0.3) is 0 Å². The highest BCUT2D eigenvalue weighted by molar-refractivity contribution is 7.85. The normalized spacial score (nSPS) is 14.6. The van der Waals surface area contributed by atoms with Crippen molar-refractivity contribution in [1.29, 1.82) is 0 Å². The zero-order valence-electron chi connectivity index (χ0n) is 24.4. The molecule has 3 unspecified atom stereocenters. The lowest BCUT2D eigenvalue weighted by Crippen LogP contribution is -2.50. The summed E-state index contributed by atoms with van der Waals surface area (Å²) in [5.41, 5.74) is 0. The van der Waals surface area contributed by atoms with Crippen LogP contribution in [0, 0.1) is 0 Å². The van der Waals surface area contributed by atoms with E-state index in [1.54, 1.807) is 0 Å². The summed E-state index contributed by atoms with van der Waals surface area (Å²) in [6, 6.07) is -1.14. The maximum absolute atomic E-state index is 12.4. The van der Waals surface area contributed by atoms with Crippen molar-refractivity contribution in [2.75, 3.05) is 5.75 Å². The van der Waals surface area contributed by atoms with Gasteiger partial charge in [0.15, 0.2) is 0 Å². The summed E-state index contributed by atoms with van der Waals surface area (Å²) in [4.78, 5) is 12.4. The topological polar surface area (TPSA) is 124 Å². The van der Waals surface area contributed by atoms with E-state index in [1.807, 2.05) is 0 Å². The van der Waals surface area contributed by atoms with Crippen LogP contribution in [0.2, 0.25) is 0 Å². The molecule has 0 bridgehead atoms. The highest BCUT2D eigenvalue weighted by Gasteiger charge is 2.28. The maximum atomic E-state index is 12.4. The average Bonchev–Trinajstić information content (AvgIpc) is 2.86. The van der Waals surface area contributed by atoms with Gasteiger partial charge >= 0.3 is 0 Å². The molecule has 0 fully saturated rings. The molecule has 0 aliphatic carbocycles. The SMILES string of the molecule is CCCC/C=C\CCCCCCC(O)C(=O)NC(CS(=O)(=O)O)C(O)CCCCCCCCCCCCC. The van der Waals surface area contributed by atoms with Gasteiger partial charge in [0.2, 0.25) is 5.91 Å². The second-order valence-electron chi connectivity index (χ2n) is 10.9. The molecule has 1 amide bonds. The lowest BCUT2D eigenvalue weighted by molar-refractivity contribution is -0.131. The van der Waals surface area contributed by atoms with Crippen LogP contribution < -0.4 is 5.32 Å². The number of aliphatic hydroxyl groups excluding tert-OH is 2. The van der Waals surface area contributed by atoms with E-state index in [2.05, 4.69) is 31.3 Å². The van der Waals surface area contributed by atoms with Crippen molar-refractivity contribution in [2.24, 2.45) is 0 Å². The van der Waals surface area contributed by atoms with Gasteiger partial charge in [-0.1, -0.05) is 129 Å². The van der Waals surface area contributed by atoms with Crippen LogP contribution in [0.4, 0.5) is 0 Å². The second-order valence-corrected chi connectivity index (χ2v) is 12.4. The van der Waals surface area contributed by atoms with Crippen LogP contribution in [0.3, 0.4) is 0 Å². The predicted octanol–water partition coefficient (Wildman–Crippen LogP) is 6.87. The molecule has 0 aromatic carbocycles. The molecule has 0 aliphatic heterocycles. The first-order valence-corrected chi connectivity index (χ1v) is 17.1. The molecule has 0 rings (SSSR count). The van der Waals surface area contributed by atoms with Crippen LogP contribution in [-0.2, 0) is 14.9 Å². The largest absolute Gasteiger partial charge is 0.391 e. The van der Waals surface area contributed by atoms with Gasteiger partial charge in [0.05, 0.1) is 17.9 Å². The zero-order valence-corrected chi connectivity index (χ0v) is 25.2. The van der Waals surface area contributed by atoms with E-state index in [-0.39, 0.29) is 6.42 Å². The molecule has 38 heavy (non-hydrogen) atoms. The van der Waals surface area contributed by atoms with Gasteiger partial charge < -0.3 is 15.5 Å². The molecule has 0 aromatic rings. The first-order valence-electron chi connectivity index (χ1n) is 15.5.